The van der Waals surface area contributed by atoms with Crippen LogP contribution in [0.3, 0.4) is 0 Å². The molecule has 0 aliphatic rings. The van der Waals surface area contributed by atoms with Crippen molar-refractivity contribution in [3.05, 3.63) is 64.1 Å². The van der Waals surface area contributed by atoms with E-state index in [1.807, 2.05) is 37.3 Å². The van der Waals surface area contributed by atoms with Crippen molar-refractivity contribution in [2.45, 2.75) is 32.2 Å². The Hall–Kier alpha value is -2.55. The summed E-state index contributed by atoms with van der Waals surface area (Å²) in [7, 11) is 1.69. The average Bonchev–Trinajstić information content (AvgIpc) is 2.72. The second-order valence-electron chi connectivity index (χ2n) is 6.64. The molecule has 0 aromatic heterocycles. The van der Waals surface area contributed by atoms with Crippen molar-refractivity contribution in [3.8, 4) is 6.07 Å². The van der Waals surface area contributed by atoms with Crippen LogP contribution < -0.4 is 4.90 Å². The van der Waals surface area contributed by atoms with Crippen LogP contribution in [-0.2, 0) is 9.59 Å². The number of hydrogen-bond acceptors (Lipinski definition) is 3. The number of nitrogens with zero attached hydrogens (tertiary/aromatic N) is 3. The third-order valence-corrected chi connectivity index (χ3v) is 5.32. The minimum atomic E-state index is -0.258. The number of amides is 2. The first-order valence-corrected chi connectivity index (χ1v) is 10.0. The zero-order valence-corrected chi connectivity index (χ0v) is 18.0. The second-order valence-corrected chi connectivity index (χ2v) is 7.48. The first-order chi connectivity index (χ1) is 13.8. The van der Waals surface area contributed by atoms with E-state index in [4.69, 9.17) is 28.5 Å². The van der Waals surface area contributed by atoms with Gasteiger partial charge in [-0.05, 0) is 36.8 Å². The maximum absolute atomic E-state index is 12.7. The molecule has 0 fully saturated rings. The Bertz CT molecular complexity index is 897. The zero-order valence-electron chi connectivity index (χ0n) is 16.4. The highest BCUT2D eigenvalue weighted by molar-refractivity contribution is 6.35. The molecule has 2 aromatic carbocycles. The molecule has 0 N–H and O–H groups in total. The van der Waals surface area contributed by atoms with Gasteiger partial charge in [0.1, 0.15) is 0 Å². The maximum atomic E-state index is 12.7. The van der Waals surface area contributed by atoms with Crippen molar-refractivity contribution in [3.63, 3.8) is 0 Å². The van der Waals surface area contributed by atoms with Crippen LogP contribution in [0.1, 0.15) is 37.8 Å². The highest BCUT2D eigenvalue weighted by atomic mass is 35.5. The molecule has 0 aliphatic heterocycles. The largest absolute Gasteiger partial charge is 0.339 e. The van der Waals surface area contributed by atoms with Gasteiger partial charge in [-0.15, -0.1) is 0 Å². The molecule has 2 amide bonds. The molecule has 0 radical (unpaired) electrons. The summed E-state index contributed by atoms with van der Waals surface area (Å²) in [6, 6.07) is 16.1. The number of para-hydroxylation sites is 1. The standard InChI is InChI=1S/C22H23Cl2N3O2/c1-16(19-10-9-17(23)15-20(19)24)26(2)21(28)11-12-22(29)27(14-6-13-25)18-7-4-3-5-8-18/h3-5,7-10,15-16H,6,11-12,14H2,1-2H3. The molecular weight excluding hydrogens is 409 g/mol. The van der Waals surface area contributed by atoms with Crippen LogP contribution in [0.5, 0.6) is 0 Å². The summed E-state index contributed by atoms with van der Waals surface area (Å²) in [5, 5.41) is 9.90. The first-order valence-electron chi connectivity index (χ1n) is 9.28. The molecule has 2 rings (SSSR count). The first kappa shape index (κ1) is 22.7. The van der Waals surface area contributed by atoms with Crippen LogP contribution in [0.4, 0.5) is 5.69 Å². The summed E-state index contributed by atoms with van der Waals surface area (Å²) in [5.74, 6) is -0.351. The Morgan fingerprint density at radius 3 is 2.34 bits per heavy atom. The minimum absolute atomic E-state index is 0.0601. The summed E-state index contributed by atoms with van der Waals surface area (Å²) in [6.07, 6.45) is 0.353. The Labute approximate surface area is 181 Å². The zero-order chi connectivity index (χ0) is 21.4. The normalized spacial score (nSPS) is 11.4. The van der Waals surface area contributed by atoms with Crippen molar-refractivity contribution in [2.24, 2.45) is 0 Å². The van der Waals surface area contributed by atoms with Gasteiger partial charge in [0.15, 0.2) is 0 Å². The fourth-order valence-corrected chi connectivity index (χ4v) is 3.52. The molecule has 5 nitrogen and oxygen atoms in total. The number of benzene rings is 2. The molecule has 0 saturated heterocycles. The van der Waals surface area contributed by atoms with E-state index in [1.54, 1.807) is 35.0 Å². The Balaban J connectivity index is 2.01. The third-order valence-electron chi connectivity index (χ3n) is 4.76. The highest BCUT2D eigenvalue weighted by Gasteiger charge is 2.22. The smallest absolute Gasteiger partial charge is 0.227 e. The van der Waals surface area contributed by atoms with Gasteiger partial charge in [-0.2, -0.15) is 5.26 Å². The molecule has 0 aliphatic carbocycles. The molecule has 0 heterocycles. The monoisotopic (exact) mass is 431 g/mol. The van der Waals surface area contributed by atoms with Gasteiger partial charge in [0.05, 0.1) is 18.5 Å². The second kappa shape index (κ2) is 10.8. The van der Waals surface area contributed by atoms with Crippen LogP contribution in [0, 0.1) is 11.3 Å². The lowest BCUT2D eigenvalue weighted by molar-refractivity contribution is -0.133. The fourth-order valence-electron chi connectivity index (χ4n) is 2.96. The van der Waals surface area contributed by atoms with E-state index >= 15 is 0 Å². The summed E-state index contributed by atoms with van der Waals surface area (Å²) < 4.78 is 0. The Morgan fingerprint density at radius 2 is 1.72 bits per heavy atom. The lowest BCUT2D eigenvalue weighted by Crippen LogP contribution is -2.34. The van der Waals surface area contributed by atoms with E-state index < -0.39 is 0 Å². The quantitative estimate of drug-likeness (QED) is 0.573. The third kappa shape index (κ3) is 6.22. The molecule has 0 saturated carbocycles. The summed E-state index contributed by atoms with van der Waals surface area (Å²) in [6.45, 7) is 2.16. The molecule has 0 bridgehead atoms. The van der Waals surface area contributed by atoms with Crippen molar-refractivity contribution in [1.29, 1.82) is 5.26 Å². The van der Waals surface area contributed by atoms with E-state index in [9.17, 15) is 9.59 Å². The van der Waals surface area contributed by atoms with E-state index in [0.29, 0.717) is 16.6 Å². The maximum Gasteiger partial charge on any atom is 0.227 e. The Morgan fingerprint density at radius 1 is 1.07 bits per heavy atom. The molecule has 29 heavy (non-hydrogen) atoms. The van der Waals surface area contributed by atoms with Gasteiger partial charge in [-0.25, -0.2) is 0 Å². The van der Waals surface area contributed by atoms with Gasteiger partial charge in [-0.1, -0.05) is 47.5 Å². The highest BCUT2D eigenvalue weighted by Crippen LogP contribution is 2.29. The van der Waals surface area contributed by atoms with Crippen LogP contribution >= 0.6 is 23.2 Å². The number of hydrogen-bond donors (Lipinski definition) is 0. The topological polar surface area (TPSA) is 64.4 Å². The lowest BCUT2D eigenvalue weighted by Gasteiger charge is -2.27. The van der Waals surface area contributed by atoms with Gasteiger partial charge in [0.2, 0.25) is 11.8 Å². The predicted molar refractivity (Wildman–Crippen MR) is 116 cm³/mol. The van der Waals surface area contributed by atoms with Crippen molar-refractivity contribution in [2.75, 3.05) is 18.5 Å². The molecule has 0 spiro atoms. The average molecular weight is 432 g/mol. The van der Waals surface area contributed by atoms with E-state index in [1.165, 1.54) is 0 Å². The molecule has 152 valence electrons. The number of carbonyl (C=O) groups excluding carboxylic acids is 2. The van der Waals surface area contributed by atoms with E-state index in [0.717, 1.165) is 11.3 Å². The number of anilines is 1. The molecule has 7 heteroatoms. The molecule has 2 aromatic rings. The van der Waals surface area contributed by atoms with Gasteiger partial charge >= 0.3 is 0 Å². The van der Waals surface area contributed by atoms with Gasteiger partial charge < -0.3 is 9.80 Å². The SMILES string of the molecule is CC(c1ccc(Cl)cc1Cl)N(C)C(=O)CCC(=O)N(CCC#N)c1ccccc1. The minimum Gasteiger partial charge on any atom is -0.339 e. The van der Waals surface area contributed by atoms with Crippen LogP contribution in [0.15, 0.2) is 48.5 Å². The van der Waals surface area contributed by atoms with Crippen LogP contribution in [0.25, 0.3) is 0 Å². The summed E-state index contributed by atoms with van der Waals surface area (Å²) in [5.41, 5.74) is 1.51. The number of halogens is 2. The van der Waals surface area contributed by atoms with Crippen molar-refractivity contribution in [1.82, 2.24) is 4.90 Å². The molecule has 1 atom stereocenters. The predicted octanol–water partition coefficient (Wildman–Crippen LogP) is 5.24. The van der Waals surface area contributed by atoms with Crippen LogP contribution in [0.2, 0.25) is 10.0 Å². The van der Waals surface area contributed by atoms with E-state index in [-0.39, 0.29) is 37.1 Å². The summed E-state index contributed by atoms with van der Waals surface area (Å²) in [4.78, 5) is 28.5. The summed E-state index contributed by atoms with van der Waals surface area (Å²) >= 11 is 12.2. The molecular formula is C22H23Cl2N3O2. The van der Waals surface area contributed by atoms with Crippen molar-refractivity contribution >= 4 is 40.7 Å². The lowest BCUT2D eigenvalue weighted by atomic mass is 10.1. The van der Waals surface area contributed by atoms with Gasteiger partial charge in [0.25, 0.3) is 0 Å². The Kier molecular flexibility index (Phi) is 8.50. The molecule has 1 unspecified atom stereocenters. The number of nitriles is 1. The van der Waals surface area contributed by atoms with Gasteiger partial charge in [0, 0.05) is 42.2 Å². The van der Waals surface area contributed by atoms with Crippen LogP contribution in [-0.4, -0.2) is 30.3 Å². The number of carbonyl (C=O) groups is 2. The number of rotatable bonds is 8. The van der Waals surface area contributed by atoms with E-state index in [2.05, 4.69) is 6.07 Å². The van der Waals surface area contributed by atoms with Gasteiger partial charge in [-0.3, -0.25) is 9.59 Å². The fraction of sp³-hybridized carbons (Fsp3) is 0.318. The van der Waals surface area contributed by atoms with Crippen molar-refractivity contribution < 1.29 is 9.59 Å².